The number of ether oxygens (including phenoxy) is 2. The molecule has 7 heterocycles. The summed E-state index contributed by atoms with van der Waals surface area (Å²) in [5.41, 5.74) is -0.137. The van der Waals surface area contributed by atoms with Gasteiger partial charge in [0.05, 0.1) is 45.0 Å². The van der Waals surface area contributed by atoms with Crippen LogP contribution in [-0.2, 0) is 53.1 Å². The highest BCUT2D eigenvalue weighted by Gasteiger charge is 2.55. The van der Waals surface area contributed by atoms with Crippen LogP contribution in [0, 0.1) is 17.2 Å². The zero-order chi connectivity index (χ0) is 48.7. The third-order valence-electron chi connectivity index (χ3n) is 11.8. The number of carbonyl (C=O) groups is 2. The second kappa shape index (κ2) is 20.0. The van der Waals surface area contributed by atoms with Crippen LogP contribution in [0.5, 0.6) is 0 Å². The number of nitrogens with zero attached hydrogens (tertiary/aromatic N) is 8. The fourth-order valence-electron chi connectivity index (χ4n) is 7.23. The number of fused-ring (bicyclic) bond motifs is 5. The molecule has 5 aromatic rings. The van der Waals surface area contributed by atoms with Gasteiger partial charge in [-0.15, -0.1) is 0 Å². The molecule has 3 aliphatic heterocycles. The number of amides is 2. The van der Waals surface area contributed by atoms with Crippen molar-refractivity contribution in [3.8, 4) is 6.07 Å². The molecule has 2 bridgehead atoms. The van der Waals surface area contributed by atoms with Gasteiger partial charge >= 0.3 is 15.3 Å². The first-order chi connectivity index (χ1) is 32.3. The van der Waals surface area contributed by atoms with E-state index in [1.165, 1.54) is 28.1 Å². The van der Waals surface area contributed by atoms with Gasteiger partial charge in [-0.1, -0.05) is 52.8 Å². The molecule has 0 radical (unpaired) electrons. The second-order valence-corrected chi connectivity index (χ2v) is 26.5. The van der Waals surface area contributed by atoms with Crippen LogP contribution >= 0.6 is 15.3 Å². The van der Waals surface area contributed by atoms with Gasteiger partial charge in [0.2, 0.25) is 11.9 Å². The number of hydrogen-bond acceptors (Lipinski definition) is 19. The minimum atomic E-state index is -4.06. The SMILES string of the molecule is CC(C)C(=O)Nc1nc2c(ncn2[C@@H]2O[C@@H]3COP(=S)(OCCC#N)O[C@H]4[C@@H](F)[C@H](n5cnc6c(NC(=O)c7ccccc7)ncnc65)O[C@@H]4COP(O)O[C@@H]2[C@@H]3O[Si](C)(C)C(C)(C)C)c(=O)[nH]1. The molecule has 3 fully saturated rings. The molecule has 1 aromatic carbocycles. The Labute approximate surface area is 395 Å². The van der Waals surface area contributed by atoms with Gasteiger partial charge in [-0.2, -0.15) is 10.2 Å². The smallest absolute Gasteiger partial charge is 0.330 e. The molecule has 8 rings (SSSR count). The zero-order valence-electron chi connectivity index (χ0n) is 37.8. The van der Waals surface area contributed by atoms with E-state index in [9.17, 15) is 24.5 Å². The first-order valence-electron chi connectivity index (χ1n) is 21.4. The minimum absolute atomic E-state index is 0.00172. The lowest BCUT2D eigenvalue weighted by atomic mass is 10.1. The van der Waals surface area contributed by atoms with Gasteiger partial charge in [0, 0.05) is 11.5 Å². The maximum Gasteiger partial charge on any atom is 0.330 e. The summed E-state index contributed by atoms with van der Waals surface area (Å²) in [6.07, 6.45) is -7.33. The molecule has 364 valence electrons. The summed E-state index contributed by atoms with van der Waals surface area (Å²) in [4.78, 5) is 74.8. The highest BCUT2D eigenvalue weighted by atomic mass is 32.5. The van der Waals surface area contributed by atoms with Gasteiger partial charge in [0.1, 0.15) is 36.8 Å². The van der Waals surface area contributed by atoms with Crippen molar-refractivity contribution in [2.75, 3.05) is 30.5 Å². The number of benzene rings is 1. The highest BCUT2D eigenvalue weighted by molar-refractivity contribution is 8.07. The predicted octanol–water partition coefficient (Wildman–Crippen LogP) is 5.52. The Kier molecular flexibility index (Phi) is 14.7. The highest BCUT2D eigenvalue weighted by Crippen LogP contribution is 2.56. The average molecular weight is 1020 g/mol. The van der Waals surface area contributed by atoms with Crippen molar-refractivity contribution in [2.45, 2.75) is 108 Å². The van der Waals surface area contributed by atoms with E-state index in [0.29, 0.717) is 5.56 Å². The summed E-state index contributed by atoms with van der Waals surface area (Å²) >= 11 is 5.95. The molecular weight excluding hydrogens is 968 g/mol. The van der Waals surface area contributed by atoms with Crippen LogP contribution in [0.4, 0.5) is 16.2 Å². The van der Waals surface area contributed by atoms with E-state index in [1.54, 1.807) is 44.2 Å². The Balaban J connectivity index is 1.14. The summed E-state index contributed by atoms with van der Waals surface area (Å²) in [6.45, 7) is 8.22. The molecule has 3 saturated heterocycles. The molecule has 0 aliphatic carbocycles. The lowest BCUT2D eigenvalue weighted by Gasteiger charge is -2.40. The van der Waals surface area contributed by atoms with Crippen LogP contribution < -0.4 is 16.2 Å². The standard InChI is InChI=1S/C40H50FN11O12P2SSi/c1-21(2)34(53)49-39-48-33-27(36(55)50-39)46-20-52(33)38-30-29(64-68(6,7)40(3,4)5)24(61-38)17-59-66(67,58-15-11-14-42)63-28-23(16-57-65(56)62-30)60-37(25(28)41)51-19-45-26-31(43-18-44-32(26)51)47-35(54)22-12-9-8-10-13-22/h8-10,12-13,18-21,23-25,28-30,37-38,56H,11,15-17H2,1-7H3,(H,43,44,47,54)(H2,48,49,50,53,55)/t23-,24-,25-,28-,29-,30-,37-,38-,65?,66?/m1/s1. The van der Waals surface area contributed by atoms with E-state index in [-0.39, 0.29) is 52.2 Å². The van der Waals surface area contributed by atoms with Crippen molar-refractivity contribution in [1.29, 1.82) is 5.26 Å². The molecule has 28 heteroatoms. The lowest BCUT2D eigenvalue weighted by Crippen LogP contribution is -2.50. The molecule has 23 nitrogen and oxygen atoms in total. The molecule has 3 aliphatic rings. The van der Waals surface area contributed by atoms with Crippen molar-refractivity contribution >= 4 is 81.4 Å². The van der Waals surface area contributed by atoms with Crippen molar-refractivity contribution in [1.82, 2.24) is 39.0 Å². The Morgan fingerprint density at radius 2 is 1.75 bits per heavy atom. The topological polar surface area (TPSA) is 283 Å². The quantitative estimate of drug-likeness (QED) is 0.0720. The van der Waals surface area contributed by atoms with Crippen LogP contribution in [0.2, 0.25) is 18.1 Å². The summed E-state index contributed by atoms with van der Waals surface area (Å²) < 4.78 is 70.8. The summed E-state index contributed by atoms with van der Waals surface area (Å²) in [6, 6.07) is 10.4. The van der Waals surface area contributed by atoms with Gasteiger partial charge in [-0.25, -0.2) is 24.3 Å². The van der Waals surface area contributed by atoms with Crippen LogP contribution in [-0.4, -0.2) is 121 Å². The van der Waals surface area contributed by atoms with E-state index in [4.69, 9.17) is 48.3 Å². The number of hydrogen-bond donors (Lipinski definition) is 4. The van der Waals surface area contributed by atoms with Crippen LogP contribution in [0.25, 0.3) is 22.3 Å². The van der Waals surface area contributed by atoms with Crippen molar-refractivity contribution in [3.05, 3.63) is 65.2 Å². The van der Waals surface area contributed by atoms with Crippen molar-refractivity contribution < 1.29 is 55.4 Å². The number of nitriles is 1. The van der Waals surface area contributed by atoms with Crippen molar-refractivity contribution in [3.63, 3.8) is 0 Å². The van der Waals surface area contributed by atoms with Crippen molar-refractivity contribution in [2.24, 2.45) is 5.92 Å². The molecule has 10 atom stereocenters. The minimum Gasteiger partial charge on any atom is -0.408 e. The van der Waals surface area contributed by atoms with Gasteiger partial charge < -0.3 is 42.2 Å². The normalized spacial score (nSPS) is 28.1. The molecule has 0 saturated carbocycles. The molecular formula is C40H50FN11O12P2SSi. The van der Waals surface area contributed by atoms with E-state index in [1.807, 2.05) is 39.9 Å². The van der Waals surface area contributed by atoms with Crippen LogP contribution in [0.15, 0.2) is 54.1 Å². The first kappa shape index (κ1) is 49.8. The average Bonchev–Trinajstić information content (AvgIpc) is 4.06. The Morgan fingerprint density at radius 1 is 1.04 bits per heavy atom. The van der Waals surface area contributed by atoms with Gasteiger partial charge in [0.25, 0.3) is 11.5 Å². The monoisotopic (exact) mass is 1020 g/mol. The zero-order valence-corrected chi connectivity index (χ0v) is 41.4. The predicted molar refractivity (Wildman–Crippen MR) is 247 cm³/mol. The maximum atomic E-state index is 17.1. The maximum absolute atomic E-state index is 17.1. The molecule has 4 N–H and O–H groups in total. The number of aromatic amines is 1. The number of halogens is 1. The largest absolute Gasteiger partial charge is 0.408 e. The molecule has 2 unspecified atom stereocenters. The fourth-order valence-corrected chi connectivity index (χ4v) is 11.4. The summed E-state index contributed by atoms with van der Waals surface area (Å²) in [5, 5.41) is 14.4. The number of imidazole rings is 2. The first-order valence-corrected chi connectivity index (χ1v) is 28.0. The molecule has 0 spiro atoms. The van der Waals surface area contributed by atoms with E-state index in [2.05, 4.69) is 40.5 Å². The molecule has 4 aromatic heterocycles. The van der Waals surface area contributed by atoms with E-state index in [0.717, 1.165) is 0 Å². The Hall–Kier alpha value is -4.58. The molecule has 2 amide bonds. The Bertz CT molecular complexity index is 2810. The van der Waals surface area contributed by atoms with Gasteiger partial charge in [-0.05, 0) is 42.1 Å². The number of nitrogens with one attached hydrogen (secondary N) is 3. The van der Waals surface area contributed by atoms with E-state index < -0.39 is 109 Å². The number of H-pyrrole nitrogens is 1. The number of aromatic nitrogens is 8. The van der Waals surface area contributed by atoms with Gasteiger partial charge in [-0.3, -0.25) is 38.3 Å². The van der Waals surface area contributed by atoms with E-state index >= 15 is 4.39 Å². The van der Waals surface area contributed by atoms with Crippen LogP contribution in [0.1, 0.15) is 63.9 Å². The fraction of sp³-hybridized carbons (Fsp3) is 0.525. The lowest BCUT2D eigenvalue weighted by molar-refractivity contribution is -0.118. The number of rotatable bonds is 11. The number of anilines is 2. The summed E-state index contributed by atoms with van der Waals surface area (Å²) in [7, 11) is -5.61. The number of carbonyl (C=O) groups excluding carboxylic acids is 2. The second-order valence-electron chi connectivity index (χ2n) is 17.8. The van der Waals surface area contributed by atoms with Gasteiger partial charge in [0.15, 0.2) is 55.1 Å². The molecule has 68 heavy (non-hydrogen) atoms. The summed E-state index contributed by atoms with van der Waals surface area (Å²) in [5.74, 6) is -1.38. The number of alkyl halides is 1. The third kappa shape index (κ3) is 10.3. The van der Waals surface area contributed by atoms with Crippen LogP contribution in [0.3, 0.4) is 0 Å². The third-order valence-corrected chi connectivity index (χ3v) is 19.5. The Morgan fingerprint density at radius 3 is 2.46 bits per heavy atom.